The highest BCUT2D eigenvalue weighted by Crippen LogP contribution is 2.45. The third kappa shape index (κ3) is 4.71. The minimum absolute atomic E-state index is 0.107. The Hall–Kier alpha value is -2.63. The molecule has 3 aromatic rings. The fourth-order valence-corrected chi connectivity index (χ4v) is 6.48. The summed E-state index contributed by atoms with van der Waals surface area (Å²) in [5, 5.41) is 4.79. The zero-order valence-electron chi connectivity index (χ0n) is 19.7. The third-order valence-electron chi connectivity index (χ3n) is 6.74. The lowest BCUT2D eigenvalue weighted by atomic mass is 9.69. The van der Waals surface area contributed by atoms with Gasteiger partial charge in [0.25, 0.3) is 0 Å². The summed E-state index contributed by atoms with van der Waals surface area (Å²) in [5.41, 5.74) is 3.21. The molecule has 0 spiro atoms. The lowest BCUT2D eigenvalue weighted by molar-refractivity contribution is 0.0147. The number of nitrogens with zero attached hydrogens (tertiary/aromatic N) is 4. The molecule has 1 fully saturated rings. The summed E-state index contributed by atoms with van der Waals surface area (Å²) in [5.74, 6) is -0.310. The van der Waals surface area contributed by atoms with Crippen LogP contribution in [0.4, 0.5) is 4.39 Å². The summed E-state index contributed by atoms with van der Waals surface area (Å²) in [6, 6.07) is 9.14. The van der Waals surface area contributed by atoms with Crippen LogP contribution in [-0.2, 0) is 25.9 Å². The number of methoxy groups -OCH3 is 1. The highest BCUT2D eigenvalue weighted by atomic mass is 35.5. The Morgan fingerprint density at radius 3 is 2.67 bits per heavy atom. The molecule has 2 aromatic heterocycles. The summed E-state index contributed by atoms with van der Waals surface area (Å²) in [6.07, 6.45) is 6.27. The smallest absolute Gasteiger partial charge is 0.244 e. The summed E-state index contributed by atoms with van der Waals surface area (Å²) < 4.78 is 54.8. The van der Waals surface area contributed by atoms with Gasteiger partial charge in [-0.2, -0.15) is 9.40 Å². The second kappa shape index (κ2) is 10.0. The predicted octanol–water partition coefficient (Wildman–Crippen LogP) is 3.74. The number of sulfonamides is 1. The molecule has 2 aliphatic rings. The van der Waals surface area contributed by atoms with E-state index in [0.29, 0.717) is 39.2 Å². The molecule has 0 unspecified atom stereocenters. The summed E-state index contributed by atoms with van der Waals surface area (Å²) in [7, 11) is -2.16. The van der Waals surface area contributed by atoms with E-state index in [1.807, 2.05) is 0 Å². The number of hydrogen-bond acceptors (Lipinski definition) is 6. The molecule has 5 rings (SSSR count). The van der Waals surface area contributed by atoms with Crippen LogP contribution < -0.4 is 0 Å². The number of benzene rings is 1. The minimum atomic E-state index is -3.77. The Morgan fingerprint density at radius 1 is 1.14 bits per heavy atom. The number of fused-ring (bicyclic) bond motifs is 2. The van der Waals surface area contributed by atoms with Crippen molar-refractivity contribution < 1.29 is 22.3 Å². The molecule has 1 aromatic carbocycles. The van der Waals surface area contributed by atoms with E-state index < -0.39 is 15.4 Å². The molecule has 1 aliphatic heterocycles. The van der Waals surface area contributed by atoms with Crippen molar-refractivity contribution in [2.24, 2.45) is 5.41 Å². The molecule has 190 valence electrons. The molecule has 1 aliphatic carbocycles. The first-order valence-electron chi connectivity index (χ1n) is 11.5. The van der Waals surface area contributed by atoms with Crippen LogP contribution in [0.25, 0.3) is 11.8 Å². The quantitative estimate of drug-likeness (QED) is 0.324. The molecule has 0 N–H and O–H groups in total. The number of rotatable bonds is 8. The first-order valence-corrected chi connectivity index (χ1v) is 13.4. The second-order valence-electron chi connectivity index (χ2n) is 9.02. The fourth-order valence-electron chi connectivity index (χ4n) is 4.89. The molecule has 8 nitrogen and oxygen atoms in total. The lowest BCUT2D eigenvalue weighted by Crippen LogP contribution is -2.51. The van der Waals surface area contributed by atoms with Crippen molar-refractivity contribution >= 4 is 27.7 Å². The maximum absolute atomic E-state index is 13.5. The van der Waals surface area contributed by atoms with Crippen LogP contribution in [0, 0.1) is 11.2 Å². The lowest BCUT2D eigenvalue weighted by Gasteiger charge is -2.45. The van der Waals surface area contributed by atoms with Crippen LogP contribution in [-0.4, -0.2) is 67.5 Å². The van der Waals surface area contributed by atoms with Gasteiger partial charge in [0.1, 0.15) is 15.9 Å². The molecule has 1 saturated heterocycles. The third-order valence-corrected chi connectivity index (χ3v) is 8.79. The number of halogens is 2. The Labute approximate surface area is 214 Å². The van der Waals surface area contributed by atoms with Crippen LogP contribution in [0.1, 0.15) is 17.7 Å². The number of hydrogen-bond donors (Lipinski definition) is 0. The van der Waals surface area contributed by atoms with Gasteiger partial charge in [0.2, 0.25) is 10.0 Å². The number of ether oxygens (including phenoxy) is 2. The van der Waals surface area contributed by atoms with Gasteiger partial charge in [-0.05, 0) is 60.9 Å². The van der Waals surface area contributed by atoms with Crippen LogP contribution in [0.15, 0.2) is 59.3 Å². The summed E-state index contributed by atoms with van der Waals surface area (Å²) >= 11 is 5.87. The van der Waals surface area contributed by atoms with Gasteiger partial charge in [-0.1, -0.05) is 17.2 Å². The zero-order valence-corrected chi connectivity index (χ0v) is 21.3. The van der Waals surface area contributed by atoms with Gasteiger partial charge in [-0.25, -0.2) is 22.5 Å². The van der Waals surface area contributed by atoms with Crippen molar-refractivity contribution in [3.63, 3.8) is 0 Å². The Morgan fingerprint density at radius 2 is 1.94 bits per heavy atom. The first kappa shape index (κ1) is 25.0. The Balaban J connectivity index is 1.49. The average Bonchev–Trinajstić information content (AvgIpc) is 3.27. The van der Waals surface area contributed by atoms with Gasteiger partial charge in [0.05, 0.1) is 37.4 Å². The molecule has 36 heavy (non-hydrogen) atoms. The van der Waals surface area contributed by atoms with E-state index >= 15 is 0 Å². The fraction of sp³-hybridized carbons (Fsp3) is 0.360. The average molecular weight is 533 g/mol. The maximum atomic E-state index is 13.5. The standard InChI is InChI=1S/C25H26ClFN4O4S/c1-34-10-11-35-17-25-13-18-14-29-31(21-4-2-20(27)3-5-21)23(18)12-19(25)8-9-30(16-25)36(32,33)22-6-7-24(26)28-15-22/h2-7,12,14-15H,8-11,13,16-17H2,1H3/t25-/m1/s1. The minimum Gasteiger partial charge on any atom is -0.382 e. The highest BCUT2D eigenvalue weighted by Gasteiger charge is 2.46. The Kier molecular flexibility index (Phi) is 6.97. The van der Waals surface area contributed by atoms with Crippen molar-refractivity contribution in [2.75, 3.05) is 40.0 Å². The molecule has 1 atom stereocenters. The first-order chi connectivity index (χ1) is 17.3. The van der Waals surface area contributed by atoms with Crippen LogP contribution >= 0.6 is 11.6 Å². The topological polar surface area (TPSA) is 86.5 Å². The molecule has 0 radical (unpaired) electrons. The summed E-state index contributed by atoms with van der Waals surface area (Å²) in [4.78, 5) is 4.06. The van der Waals surface area contributed by atoms with Crippen molar-refractivity contribution in [3.05, 3.63) is 76.6 Å². The van der Waals surface area contributed by atoms with E-state index in [4.69, 9.17) is 21.1 Å². The van der Waals surface area contributed by atoms with Gasteiger partial charge in [0, 0.05) is 31.8 Å². The molecule has 3 heterocycles. The maximum Gasteiger partial charge on any atom is 0.244 e. The van der Waals surface area contributed by atoms with Gasteiger partial charge in [0.15, 0.2) is 0 Å². The van der Waals surface area contributed by atoms with E-state index in [9.17, 15) is 12.8 Å². The highest BCUT2D eigenvalue weighted by molar-refractivity contribution is 7.89. The van der Waals surface area contributed by atoms with E-state index in [1.54, 1.807) is 30.1 Å². The molecule has 0 bridgehead atoms. The van der Waals surface area contributed by atoms with Gasteiger partial charge >= 0.3 is 0 Å². The molecule has 11 heteroatoms. The van der Waals surface area contributed by atoms with Gasteiger partial charge < -0.3 is 9.47 Å². The largest absolute Gasteiger partial charge is 0.382 e. The van der Waals surface area contributed by atoms with E-state index in [2.05, 4.69) is 16.2 Å². The number of aromatic nitrogens is 3. The second-order valence-corrected chi connectivity index (χ2v) is 11.3. The molecule has 0 amide bonds. The summed E-state index contributed by atoms with van der Waals surface area (Å²) in [6.45, 7) is 1.78. The monoisotopic (exact) mass is 532 g/mol. The van der Waals surface area contributed by atoms with Gasteiger partial charge in [-0.3, -0.25) is 0 Å². The molecular formula is C25H26ClFN4O4S. The van der Waals surface area contributed by atoms with Crippen LogP contribution in [0.3, 0.4) is 0 Å². The van der Waals surface area contributed by atoms with Crippen LogP contribution in [0.2, 0.25) is 5.15 Å². The normalized spacial score (nSPS) is 20.0. The van der Waals surface area contributed by atoms with Crippen molar-refractivity contribution in [3.8, 4) is 5.69 Å². The zero-order chi connectivity index (χ0) is 25.3. The van der Waals surface area contributed by atoms with Crippen molar-refractivity contribution in [2.45, 2.75) is 17.7 Å². The number of pyridine rings is 1. The van der Waals surface area contributed by atoms with E-state index in [1.165, 1.54) is 34.8 Å². The van der Waals surface area contributed by atoms with E-state index in [0.717, 1.165) is 22.5 Å². The van der Waals surface area contributed by atoms with Gasteiger partial charge in [-0.15, -0.1) is 0 Å². The Bertz CT molecular complexity index is 1380. The molecular weight excluding hydrogens is 507 g/mol. The number of piperidine rings is 1. The van der Waals surface area contributed by atoms with Crippen LogP contribution in [0.5, 0.6) is 0 Å². The predicted molar refractivity (Wildman–Crippen MR) is 133 cm³/mol. The van der Waals surface area contributed by atoms with Crippen molar-refractivity contribution in [1.82, 2.24) is 19.1 Å². The van der Waals surface area contributed by atoms with E-state index in [-0.39, 0.29) is 22.4 Å². The van der Waals surface area contributed by atoms with Crippen molar-refractivity contribution in [1.29, 1.82) is 0 Å². The molecule has 0 saturated carbocycles. The SMILES string of the molecule is COCCOC[C@]12Cc3cnn(-c4ccc(F)cc4)c3C=C1CCN(S(=O)(=O)c1ccc(Cl)nc1)C2.